The van der Waals surface area contributed by atoms with Crippen molar-refractivity contribution in [1.82, 2.24) is 0 Å². The molecule has 0 aliphatic rings. The average Bonchev–Trinajstić information content (AvgIpc) is 2.16. The maximum atomic E-state index is 12.0. The van der Waals surface area contributed by atoms with Crippen molar-refractivity contribution < 1.29 is 18.3 Å². The lowest BCUT2D eigenvalue weighted by atomic mass is 10.1. The first kappa shape index (κ1) is 11.4. The highest BCUT2D eigenvalue weighted by atomic mass is 19.3. The number of Topliss-reactive ketones (excluding diaryl/α,β-unsaturated/α-hetero) is 1. The van der Waals surface area contributed by atoms with Crippen molar-refractivity contribution in [3.8, 4) is 5.75 Å². The first-order valence-electron chi connectivity index (χ1n) is 4.42. The molecule has 0 unspecified atom stereocenters. The molecule has 0 saturated carbocycles. The normalized spacial score (nSPS) is 10.4. The summed E-state index contributed by atoms with van der Waals surface area (Å²) in [5.41, 5.74) is 5.82. The highest BCUT2D eigenvalue weighted by Crippen LogP contribution is 2.24. The molecule has 0 amide bonds. The predicted molar refractivity (Wildman–Crippen MR) is 52.1 cm³/mol. The van der Waals surface area contributed by atoms with Crippen LogP contribution in [0.15, 0.2) is 18.2 Å². The van der Waals surface area contributed by atoms with Gasteiger partial charge in [0.25, 0.3) is 0 Å². The van der Waals surface area contributed by atoms with Crippen LogP contribution in [0.1, 0.15) is 23.7 Å². The Bertz CT molecular complexity index is 366. The summed E-state index contributed by atoms with van der Waals surface area (Å²) in [5, 5.41) is 0. The van der Waals surface area contributed by atoms with E-state index in [4.69, 9.17) is 5.73 Å². The molecular weight excluding hydrogens is 204 g/mol. The van der Waals surface area contributed by atoms with Gasteiger partial charge in [0.1, 0.15) is 5.75 Å². The average molecular weight is 215 g/mol. The van der Waals surface area contributed by atoms with Crippen LogP contribution in [0.25, 0.3) is 0 Å². The van der Waals surface area contributed by atoms with Crippen molar-refractivity contribution in [3.63, 3.8) is 0 Å². The summed E-state index contributed by atoms with van der Waals surface area (Å²) in [6, 6.07) is 4.08. The number of halogens is 2. The third-order valence-corrected chi connectivity index (χ3v) is 1.84. The molecular formula is C10H11F2NO2. The number of carbonyl (C=O) groups is 1. The van der Waals surface area contributed by atoms with E-state index in [1.807, 2.05) is 0 Å². The summed E-state index contributed by atoms with van der Waals surface area (Å²) < 4.78 is 28.3. The predicted octanol–water partition coefficient (Wildman–Crippen LogP) is 2.46. The second-order valence-electron chi connectivity index (χ2n) is 2.91. The van der Waals surface area contributed by atoms with E-state index < -0.39 is 6.61 Å². The van der Waals surface area contributed by atoms with Crippen molar-refractivity contribution in [2.75, 3.05) is 5.73 Å². The minimum Gasteiger partial charge on any atom is -0.434 e. The molecule has 1 aromatic rings. The Balaban J connectivity index is 3.08. The number of alkyl halides is 2. The molecule has 1 rings (SSSR count). The Morgan fingerprint density at radius 2 is 2.20 bits per heavy atom. The molecule has 0 saturated heterocycles. The molecule has 0 spiro atoms. The Hall–Kier alpha value is -1.65. The van der Waals surface area contributed by atoms with Gasteiger partial charge in [-0.1, -0.05) is 6.92 Å². The fourth-order valence-electron chi connectivity index (χ4n) is 1.15. The van der Waals surface area contributed by atoms with Crippen molar-refractivity contribution in [2.24, 2.45) is 0 Å². The van der Waals surface area contributed by atoms with Crippen LogP contribution in [0.3, 0.4) is 0 Å². The number of carbonyl (C=O) groups excluding carboxylic acids is 1. The molecule has 0 aliphatic carbocycles. The van der Waals surface area contributed by atoms with Crippen LogP contribution in [0.5, 0.6) is 5.75 Å². The van der Waals surface area contributed by atoms with Gasteiger partial charge < -0.3 is 10.5 Å². The van der Waals surface area contributed by atoms with Gasteiger partial charge in [-0.05, 0) is 12.1 Å². The van der Waals surface area contributed by atoms with Crippen LogP contribution >= 0.6 is 0 Å². The monoisotopic (exact) mass is 215 g/mol. The fourth-order valence-corrected chi connectivity index (χ4v) is 1.15. The first-order chi connectivity index (χ1) is 7.04. The van der Waals surface area contributed by atoms with E-state index in [9.17, 15) is 13.6 Å². The maximum Gasteiger partial charge on any atom is 0.387 e. The number of ketones is 1. The van der Waals surface area contributed by atoms with Crippen LogP contribution in [0.4, 0.5) is 14.5 Å². The second kappa shape index (κ2) is 4.72. The van der Waals surface area contributed by atoms with Crippen molar-refractivity contribution >= 4 is 11.5 Å². The molecule has 0 heterocycles. The topological polar surface area (TPSA) is 52.3 Å². The van der Waals surface area contributed by atoms with E-state index in [0.29, 0.717) is 0 Å². The van der Waals surface area contributed by atoms with Gasteiger partial charge in [-0.2, -0.15) is 8.78 Å². The van der Waals surface area contributed by atoms with Crippen molar-refractivity contribution in [1.29, 1.82) is 0 Å². The van der Waals surface area contributed by atoms with Gasteiger partial charge in [-0.15, -0.1) is 0 Å². The lowest BCUT2D eigenvalue weighted by Gasteiger charge is -2.09. The molecule has 82 valence electrons. The summed E-state index contributed by atoms with van der Waals surface area (Å²) >= 11 is 0. The molecule has 15 heavy (non-hydrogen) atoms. The maximum absolute atomic E-state index is 12.0. The number of hydrogen-bond acceptors (Lipinski definition) is 3. The van der Waals surface area contributed by atoms with Gasteiger partial charge in [-0.25, -0.2) is 0 Å². The van der Waals surface area contributed by atoms with Gasteiger partial charge in [0, 0.05) is 18.2 Å². The van der Waals surface area contributed by atoms with Crippen molar-refractivity contribution in [2.45, 2.75) is 20.0 Å². The van der Waals surface area contributed by atoms with Crippen LogP contribution < -0.4 is 10.5 Å². The quantitative estimate of drug-likeness (QED) is 0.620. The second-order valence-corrected chi connectivity index (χ2v) is 2.91. The zero-order valence-electron chi connectivity index (χ0n) is 8.17. The summed E-state index contributed by atoms with van der Waals surface area (Å²) in [7, 11) is 0. The molecule has 0 radical (unpaired) electrons. The molecule has 2 N–H and O–H groups in total. The first-order valence-corrected chi connectivity index (χ1v) is 4.42. The third-order valence-electron chi connectivity index (χ3n) is 1.84. The van der Waals surface area contributed by atoms with Crippen LogP contribution in [-0.2, 0) is 0 Å². The van der Waals surface area contributed by atoms with E-state index in [1.165, 1.54) is 18.2 Å². The number of rotatable bonds is 4. The van der Waals surface area contributed by atoms with Gasteiger partial charge in [0.2, 0.25) is 0 Å². The van der Waals surface area contributed by atoms with E-state index in [1.54, 1.807) is 6.92 Å². The van der Waals surface area contributed by atoms with Crippen LogP contribution in [0.2, 0.25) is 0 Å². The Morgan fingerprint density at radius 1 is 1.53 bits per heavy atom. The lowest BCUT2D eigenvalue weighted by Crippen LogP contribution is -2.08. The molecule has 0 aromatic heterocycles. The smallest absolute Gasteiger partial charge is 0.387 e. The number of anilines is 1. The molecule has 0 bridgehead atoms. The van der Waals surface area contributed by atoms with E-state index in [0.717, 1.165) is 0 Å². The zero-order chi connectivity index (χ0) is 11.4. The molecule has 1 aromatic carbocycles. The summed E-state index contributed by atoms with van der Waals surface area (Å²) in [6.07, 6.45) is 0.226. The van der Waals surface area contributed by atoms with E-state index >= 15 is 0 Å². The van der Waals surface area contributed by atoms with Gasteiger partial charge in [-0.3, -0.25) is 4.79 Å². The van der Waals surface area contributed by atoms with Crippen LogP contribution in [0, 0.1) is 0 Å². The van der Waals surface area contributed by atoms with E-state index in [2.05, 4.69) is 4.74 Å². The number of nitrogens with two attached hydrogens (primary N) is 1. The molecule has 0 atom stereocenters. The zero-order valence-corrected chi connectivity index (χ0v) is 8.17. The Morgan fingerprint density at radius 3 is 2.73 bits per heavy atom. The molecule has 0 fully saturated rings. The van der Waals surface area contributed by atoms with Crippen molar-refractivity contribution in [3.05, 3.63) is 23.8 Å². The molecule has 5 heteroatoms. The van der Waals surface area contributed by atoms with E-state index in [-0.39, 0.29) is 29.2 Å². The molecule has 3 nitrogen and oxygen atoms in total. The highest BCUT2D eigenvalue weighted by Gasteiger charge is 2.14. The molecule has 0 aliphatic heterocycles. The largest absolute Gasteiger partial charge is 0.434 e. The summed E-state index contributed by atoms with van der Waals surface area (Å²) in [4.78, 5) is 11.4. The van der Waals surface area contributed by atoms with Gasteiger partial charge >= 0.3 is 6.61 Å². The standard InChI is InChI=1S/C10H11F2NO2/c1-2-8(14)7-4-3-6(13)5-9(7)15-10(11)12/h3-5,10H,2,13H2,1H3. The minimum absolute atomic E-state index is 0.131. The minimum atomic E-state index is -2.96. The summed E-state index contributed by atoms with van der Waals surface area (Å²) in [6.45, 7) is -1.32. The van der Waals surface area contributed by atoms with Gasteiger partial charge in [0.05, 0.1) is 5.56 Å². The number of hydrogen-bond donors (Lipinski definition) is 1. The lowest BCUT2D eigenvalue weighted by molar-refractivity contribution is -0.0501. The summed E-state index contributed by atoms with van der Waals surface area (Å²) in [5.74, 6) is -0.428. The third kappa shape index (κ3) is 2.90. The number of benzene rings is 1. The SMILES string of the molecule is CCC(=O)c1ccc(N)cc1OC(F)F. The van der Waals surface area contributed by atoms with Crippen LogP contribution in [-0.4, -0.2) is 12.4 Å². The number of ether oxygens (including phenoxy) is 1. The number of nitrogen functional groups attached to an aromatic ring is 1. The highest BCUT2D eigenvalue weighted by molar-refractivity contribution is 5.98. The van der Waals surface area contributed by atoms with Gasteiger partial charge in [0.15, 0.2) is 5.78 Å². The Labute approximate surface area is 85.8 Å². The Kier molecular flexibility index (Phi) is 3.60. The fraction of sp³-hybridized carbons (Fsp3) is 0.300.